The first-order chi connectivity index (χ1) is 15.6. The van der Waals surface area contributed by atoms with E-state index in [9.17, 15) is 9.59 Å². The Balaban J connectivity index is 1.41. The van der Waals surface area contributed by atoms with E-state index < -0.39 is 0 Å². The smallest absolute Gasteiger partial charge is 0.281 e. The molecule has 2 aromatic carbocycles. The van der Waals surface area contributed by atoms with Crippen LogP contribution in [0.25, 0.3) is 11.2 Å². The highest BCUT2D eigenvalue weighted by atomic mass is 16.1. The van der Waals surface area contributed by atoms with Gasteiger partial charge in [0.15, 0.2) is 11.2 Å². The lowest BCUT2D eigenvalue weighted by molar-refractivity contribution is -0.120. The first-order valence-corrected chi connectivity index (χ1v) is 10.8. The molecule has 4 rings (SSSR count). The van der Waals surface area contributed by atoms with Gasteiger partial charge in [0.25, 0.3) is 5.56 Å². The van der Waals surface area contributed by atoms with Crippen LogP contribution >= 0.6 is 0 Å². The van der Waals surface area contributed by atoms with Gasteiger partial charge in [0.1, 0.15) is 5.82 Å². The number of carbonyl (C=O) groups excluding carboxylic acids is 1. The van der Waals surface area contributed by atoms with Gasteiger partial charge < -0.3 is 10.3 Å². The predicted octanol–water partition coefficient (Wildman–Crippen LogP) is 2.96. The molecule has 0 aliphatic rings. The van der Waals surface area contributed by atoms with E-state index in [-0.39, 0.29) is 36.0 Å². The van der Waals surface area contributed by atoms with Crippen LogP contribution in [0.4, 0.5) is 0 Å². The molecule has 0 radical (unpaired) electrons. The molecule has 0 saturated heterocycles. The van der Waals surface area contributed by atoms with E-state index in [0.717, 1.165) is 24.8 Å². The lowest BCUT2D eigenvalue weighted by Crippen LogP contribution is -2.27. The van der Waals surface area contributed by atoms with Crippen LogP contribution < -0.4 is 10.9 Å². The third kappa shape index (κ3) is 5.26. The average Bonchev–Trinajstić information content (AvgIpc) is 3.24. The van der Waals surface area contributed by atoms with Crippen LogP contribution in [-0.2, 0) is 24.2 Å². The van der Waals surface area contributed by atoms with E-state index in [1.54, 1.807) is 4.68 Å². The molecule has 2 aromatic heterocycles. The van der Waals surface area contributed by atoms with E-state index in [1.807, 2.05) is 55.5 Å². The molecule has 1 unspecified atom stereocenters. The zero-order valence-electron chi connectivity index (χ0n) is 18.0. The number of nitrogens with one attached hydrogen (secondary N) is 2. The fourth-order valence-corrected chi connectivity index (χ4v) is 3.66. The molecule has 0 bridgehead atoms. The van der Waals surface area contributed by atoms with Crippen LogP contribution in [0.1, 0.15) is 42.8 Å². The third-order valence-corrected chi connectivity index (χ3v) is 5.39. The van der Waals surface area contributed by atoms with Gasteiger partial charge in [-0.25, -0.2) is 9.67 Å². The summed E-state index contributed by atoms with van der Waals surface area (Å²) in [5.74, 6) is 0.240. The Kier molecular flexibility index (Phi) is 6.69. The number of hydrogen-bond donors (Lipinski definition) is 2. The molecule has 2 N–H and O–H groups in total. The average molecular weight is 431 g/mol. The highest BCUT2D eigenvalue weighted by molar-refractivity contribution is 5.78. The summed E-state index contributed by atoms with van der Waals surface area (Å²) in [5.41, 5.74) is 2.51. The molecule has 8 nitrogen and oxygen atoms in total. The fourth-order valence-electron chi connectivity index (χ4n) is 3.66. The van der Waals surface area contributed by atoms with Crippen molar-refractivity contribution in [2.24, 2.45) is 0 Å². The molecule has 2 heterocycles. The Hall–Kier alpha value is -3.81. The normalized spacial score (nSPS) is 12.0. The zero-order valence-corrected chi connectivity index (χ0v) is 18.0. The number of H-pyrrole nitrogens is 1. The molecular weight excluding hydrogens is 404 g/mol. The Morgan fingerprint density at radius 1 is 1.06 bits per heavy atom. The summed E-state index contributed by atoms with van der Waals surface area (Å²) in [4.78, 5) is 31.9. The van der Waals surface area contributed by atoms with Crippen molar-refractivity contribution in [3.8, 4) is 0 Å². The molecule has 164 valence electrons. The highest BCUT2D eigenvalue weighted by Gasteiger charge is 2.16. The monoisotopic (exact) mass is 430 g/mol. The molecule has 1 amide bonds. The summed E-state index contributed by atoms with van der Waals surface area (Å²) in [7, 11) is 0. The van der Waals surface area contributed by atoms with Crippen molar-refractivity contribution in [3.05, 3.63) is 88.0 Å². The maximum Gasteiger partial charge on any atom is 0.281 e. The number of nitrogens with zero attached hydrogens (tertiary/aromatic N) is 4. The van der Waals surface area contributed by atoms with Crippen LogP contribution in [-0.4, -0.2) is 30.9 Å². The van der Waals surface area contributed by atoms with E-state index in [4.69, 9.17) is 0 Å². The second kappa shape index (κ2) is 10.00. The van der Waals surface area contributed by atoms with Crippen LogP contribution in [0.3, 0.4) is 0 Å². The molecule has 8 heteroatoms. The SMILES string of the molecule is CC(CCCc1ccccc1)n1nnc2c(=O)[nH]c(CNC(=O)Cc3ccccc3)nc21. The highest BCUT2D eigenvalue weighted by Crippen LogP contribution is 2.17. The van der Waals surface area contributed by atoms with Gasteiger partial charge in [-0.2, -0.15) is 0 Å². The van der Waals surface area contributed by atoms with Gasteiger partial charge in [-0.1, -0.05) is 65.9 Å². The van der Waals surface area contributed by atoms with Crippen molar-refractivity contribution in [1.29, 1.82) is 0 Å². The second-order valence-electron chi connectivity index (χ2n) is 7.88. The Labute approximate surface area is 185 Å². The Bertz CT molecular complexity index is 1230. The minimum atomic E-state index is -0.356. The van der Waals surface area contributed by atoms with Crippen molar-refractivity contribution >= 4 is 17.1 Å². The molecule has 0 aliphatic heterocycles. The minimum Gasteiger partial charge on any atom is -0.349 e. The van der Waals surface area contributed by atoms with Gasteiger partial charge in [-0.15, -0.1) is 5.10 Å². The van der Waals surface area contributed by atoms with Crippen molar-refractivity contribution in [1.82, 2.24) is 30.3 Å². The number of amides is 1. The van der Waals surface area contributed by atoms with Crippen LogP contribution in [0.5, 0.6) is 0 Å². The van der Waals surface area contributed by atoms with Gasteiger partial charge >= 0.3 is 0 Å². The standard InChI is InChI=1S/C24H26N6O2/c1-17(9-8-14-18-10-4-2-5-11-18)30-23-22(28-29-30)24(32)27-20(26-23)16-25-21(31)15-19-12-6-3-7-13-19/h2-7,10-13,17H,8-9,14-16H2,1H3,(H,25,31)(H,26,27,32). The molecule has 0 fully saturated rings. The lowest BCUT2D eigenvalue weighted by Gasteiger charge is -2.12. The van der Waals surface area contributed by atoms with Crippen molar-refractivity contribution in [3.63, 3.8) is 0 Å². The Morgan fingerprint density at radius 3 is 2.47 bits per heavy atom. The number of fused-ring (bicyclic) bond motifs is 1. The predicted molar refractivity (Wildman–Crippen MR) is 122 cm³/mol. The van der Waals surface area contributed by atoms with E-state index in [0.29, 0.717) is 11.5 Å². The fraction of sp³-hybridized carbons (Fsp3) is 0.292. The zero-order chi connectivity index (χ0) is 22.3. The summed E-state index contributed by atoms with van der Waals surface area (Å²) in [6.45, 7) is 2.17. The molecule has 32 heavy (non-hydrogen) atoms. The van der Waals surface area contributed by atoms with E-state index >= 15 is 0 Å². The van der Waals surface area contributed by atoms with Crippen molar-refractivity contribution in [2.45, 2.75) is 45.2 Å². The van der Waals surface area contributed by atoms with Gasteiger partial charge in [0.05, 0.1) is 19.0 Å². The van der Waals surface area contributed by atoms with Gasteiger partial charge in [0.2, 0.25) is 5.91 Å². The number of rotatable bonds is 9. The number of carbonyl (C=O) groups is 1. The van der Waals surface area contributed by atoms with Gasteiger partial charge in [-0.05, 0) is 37.3 Å². The van der Waals surface area contributed by atoms with Crippen molar-refractivity contribution in [2.75, 3.05) is 0 Å². The number of aromatic amines is 1. The first kappa shape index (κ1) is 21.4. The summed E-state index contributed by atoms with van der Waals surface area (Å²) < 4.78 is 1.70. The second-order valence-corrected chi connectivity index (χ2v) is 7.88. The molecule has 4 aromatic rings. The largest absolute Gasteiger partial charge is 0.349 e. The maximum absolute atomic E-state index is 12.4. The molecule has 0 spiro atoms. The number of aromatic nitrogens is 5. The summed E-state index contributed by atoms with van der Waals surface area (Å²) >= 11 is 0. The molecule has 1 atom stereocenters. The summed E-state index contributed by atoms with van der Waals surface area (Å²) in [6.07, 6.45) is 3.11. The van der Waals surface area contributed by atoms with Crippen molar-refractivity contribution < 1.29 is 4.79 Å². The minimum absolute atomic E-state index is 0.0403. The van der Waals surface area contributed by atoms with Crippen LogP contribution in [0, 0.1) is 0 Å². The van der Waals surface area contributed by atoms with Crippen LogP contribution in [0.15, 0.2) is 65.5 Å². The van der Waals surface area contributed by atoms with E-state index in [2.05, 4.69) is 37.7 Å². The molecular formula is C24H26N6O2. The third-order valence-electron chi connectivity index (χ3n) is 5.39. The molecule has 0 aliphatic carbocycles. The number of benzene rings is 2. The van der Waals surface area contributed by atoms with Gasteiger partial charge in [-0.3, -0.25) is 9.59 Å². The number of hydrogen-bond acceptors (Lipinski definition) is 5. The first-order valence-electron chi connectivity index (χ1n) is 10.8. The summed E-state index contributed by atoms with van der Waals surface area (Å²) in [5, 5.41) is 11.0. The van der Waals surface area contributed by atoms with E-state index in [1.165, 1.54) is 5.56 Å². The quantitative estimate of drug-likeness (QED) is 0.425. The summed E-state index contributed by atoms with van der Waals surface area (Å²) in [6, 6.07) is 19.9. The van der Waals surface area contributed by atoms with Gasteiger partial charge in [0, 0.05) is 0 Å². The van der Waals surface area contributed by atoms with Crippen LogP contribution in [0.2, 0.25) is 0 Å². The Morgan fingerprint density at radius 2 is 1.75 bits per heavy atom. The lowest BCUT2D eigenvalue weighted by atomic mass is 10.1. The maximum atomic E-state index is 12.4. The number of aryl methyl sites for hydroxylation is 1. The topological polar surface area (TPSA) is 106 Å². The molecule has 0 saturated carbocycles.